The Kier molecular flexibility index (Phi) is 10.3. The molecule has 1 aliphatic rings. The van der Waals surface area contributed by atoms with E-state index in [0.717, 1.165) is 33.9 Å². The first kappa shape index (κ1) is 31.1. The van der Waals surface area contributed by atoms with Crippen molar-refractivity contribution in [2.75, 3.05) is 33.0 Å². The summed E-state index contributed by atoms with van der Waals surface area (Å²) < 4.78 is 27.1. The van der Waals surface area contributed by atoms with Crippen molar-refractivity contribution in [3.8, 4) is 28.4 Å². The minimum absolute atomic E-state index is 0.0110. The van der Waals surface area contributed by atoms with E-state index in [1.165, 1.54) is 0 Å². The third-order valence-electron chi connectivity index (χ3n) is 6.98. The Morgan fingerprint density at radius 1 is 0.860 bits per heavy atom. The maximum Gasteiger partial charge on any atom is 0.343 e. The Hall–Kier alpha value is -4.89. The maximum atomic E-state index is 13.2. The molecule has 9 nitrogen and oxygen atoms in total. The number of rotatable bonds is 14. The molecule has 0 saturated carbocycles. The molecular formula is C34H34O9. The Labute approximate surface area is 250 Å². The number of hydrogen-bond donors (Lipinski definition) is 1. The lowest BCUT2D eigenvalue weighted by Gasteiger charge is -2.13. The summed E-state index contributed by atoms with van der Waals surface area (Å²) in [5, 5.41) is 8.95. The maximum absolute atomic E-state index is 13.2. The molecule has 1 atom stereocenters. The van der Waals surface area contributed by atoms with Gasteiger partial charge in [0.1, 0.15) is 43.7 Å². The van der Waals surface area contributed by atoms with Crippen LogP contribution in [0.5, 0.6) is 17.2 Å². The topological polar surface area (TPSA) is 118 Å². The predicted octanol–water partition coefficient (Wildman–Crippen LogP) is 5.18. The molecule has 3 aromatic carbocycles. The molecule has 0 bridgehead atoms. The van der Waals surface area contributed by atoms with E-state index in [-0.39, 0.29) is 37.9 Å². The summed E-state index contributed by atoms with van der Waals surface area (Å²) in [6.45, 7) is 10.8. The molecule has 1 aliphatic carbocycles. The van der Waals surface area contributed by atoms with Crippen molar-refractivity contribution < 1.29 is 43.2 Å². The van der Waals surface area contributed by atoms with Gasteiger partial charge < -0.3 is 28.8 Å². The van der Waals surface area contributed by atoms with Crippen molar-refractivity contribution in [1.29, 1.82) is 0 Å². The van der Waals surface area contributed by atoms with Crippen LogP contribution in [0.1, 0.15) is 46.8 Å². The van der Waals surface area contributed by atoms with Crippen molar-refractivity contribution in [2.45, 2.75) is 26.2 Å². The van der Waals surface area contributed by atoms with Crippen LogP contribution in [0.15, 0.2) is 79.4 Å². The molecule has 1 N–H and O–H groups in total. The smallest absolute Gasteiger partial charge is 0.343 e. The molecule has 224 valence electrons. The molecule has 1 unspecified atom stereocenters. The van der Waals surface area contributed by atoms with Gasteiger partial charge in [0.2, 0.25) is 0 Å². The van der Waals surface area contributed by atoms with Gasteiger partial charge in [-0.15, -0.1) is 0 Å². The quantitative estimate of drug-likeness (QED) is 0.118. The summed E-state index contributed by atoms with van der Waals surface area (Å²) in [5.41, 5.74) is 5.40. The van der Waals surface area contributed by atoms with Gasteiger partial charge in [0, 0.05) is 12.0 Å². The van der Waals surface area contributed by atoms with Gasteiger partial charge in [0.25, 0.3) is 0 Å². The molecule has 0 aromatic heterocycles. The highest BCUT2D eigenvalue weighted by Gasteiger charge is 2.27. The van der Waals surface area contributed by atoms with Crippen molar-refractivity contribution >= 4 is 17.9 Å². The fourth-order valence-corrected chi connectivity index (χ4v) is 4.70. The minimum Gasteiger partial charge on any atom is -0.490 e. The number of ether oxygens (including phenoxy) is 5. The second kappa shape index (κ2) is 14.3. The second-order valence-corrected chi connectivity index (χ2v) is 9.75. The Bertz CT molecular complexity index is 1540. The highest BCUT2D eigenvalue weighted by atomic mass is 16.6. The Balaban J connectivity index is 1.38. The van der Waals surface area contributed by atoms with Crippen LogP contribution >= 0.6 is 0 Å². The summed E-state index contributed by atoms with van der Waals surface area (Å²) >= 11 is 0. The number of carbonyl (C=O) groups excluding carboxylic acids is 3. The molecule has 0 spiro atoms. The van der Waals surface area contributed by atoms with Gasteiger partial charge in [-0.25, -0.2) is 14.4 Å². The van der Waals surface area contributed by atoms with Crippen LogP contribution in [0.25, 0.3) is 11.1 Å². The molecule has 0 fully saturated rings. The van der Waals surface area contributed by atoms with Crippen LogP contribution < -0.4 is 14.2 Å². The summed E-state index contributed by atoms with van der Waals surface area (Å²) in [4.78, 5) is 35.9. The first-order chi connectivity index (χ1) is 20.7. The lowest BCUT2D eigenvalue weighted by Crippen LogP contribution is -2.15. The molecule has 0 aliphatic heterocycles. The van der Waals surface area contributed by atoms with Gasteiger partial charge in [-0.1, -0.05) is 39.1 Å². The molecule has 3 aromatic rings. The minimum atomic E-state index is -0.656. The van der Waals surface area contributed by atoms with E-state index in [1.807, 2.05) is 37.3 Å². The first-order valence-electron chi connectivity index (χ1n) is 13.9. The van der Waals surface area contributed by atoms with Crippen molar-refractivity contribution in [1.82, 2.24) is 0 Å². The number of aryl methyl sites for hydroxylation is 1. The lowest BCUT2D eigenvalue weighted by molar-refractivity contribution is -0.140. The van der Waals surface area contributed by atoms with E-state index in [2.05, 4.69) is 20.1 Å². The second-order valence-electron chi connectivity index (χ2n) is 9.75. The van der Waals surface area contributed by atoms with E-state index >= 15 is 0 Å². The number of hydrogen-bond acceptors (Lipinski definition) is 9. The monoisotopic (exact) mass is 586 g/mol. The summed E-state index contributed by atoms with van der Waals surface area (Å²) in [5.74, 6) is 0.0377. The number of esters is 3. The van der Waals surface area contributed by atoms with Gasteiger partial charge in [-0.2, -0.15) is 0 Å². The van der Waals surface area contributed by atoms with Crippen LogP contribution in [0.4, 0.5) is 0 Å². The zero-order valence-electron chi connectivity index (χ0n) is 24.2. The van der Waals surface area contributed by atoms with E-state index in [4.69, 9.17) is 28.8 Å². The highest BCUT2D eigenvalue weighted by Crippen LogP contribution is 2.46. The van der Waals surface area contributed by atoms with Gasteiger partial charge in [0.15, 0.2) is 0 Å². The van der Waals surface area contributed by atoms with Gasteiger partial charge in [0.05, 0.1) is 17.7 Å². The fourth-order valence-electron chi connectivity index (χ4n) is 4.70. The Morgan fingerprint density at radius 3 is 2.16 bits per heavy atom. The Morgan fingerprint density at radius 2 is 1.49 bits per heavy atom. The number of aliphatic hydroxyl groups is 1. The number of carbonyl (C=O) groups is 3. The first-order valence-corrected chi connectivity index (χ1v) is 13.9. The van der Waals surface area contributed by atoms with Crippen molar-refractivity contribution in [2.24, 2.45) is 0 Å². The standard InChI is InChI=1S/C34H34O9/c1-5-23-17-25(39-13-15-41-32(36)6-2)9-12-31(23)43-34(38)24-7-10-27-28-11-8-26(19-30(28)22(4)29(27)18-24)40-14-16-42-33(37)21(3)20-35/h6-12,17-19,22,35H,2-3,5,13-16,20H2,1,4H3. The molecule has 0 heterocycles. The molecule has 9 heteroatoms. The molecule has 43 heavy (non-hydrogen) atoms. The van der Waals surface area contributed by atoms with Crippen molar-refractivity contribution in [3.05, 3.63) is 102 Å². The van der Waals surface area contributed by atoms with Crippen LogP contribution in [0.3, 0.4) is 0 Å². The molecule has 4 rings (SSSR count). The zero-order chi connectivity index (χ0) is 30.9. The normalized spacial score (nSPS) is 12.9. The van der Waals surface area contributed by atoms with Crippen LogP contribution in [-0.2, 0) is 25.5 Å². The van der Waals surface area contributed by atoms with E-state index in [0.29, 0.717) is 29.2 Å². The van der Waals surface area contributed by atoms with Crippen LogP contribution in [-0.4, -0.2) is 56.0 Å². The summed E-state index contributed by atoms with van der Waals surface area (Å²) in [6, 6.07) is 16.5. The number of benzene rings is 3. The zero-order valence-corrected chi connectivity index (χ0v) is 24.2. The summed E-state index contributed by atoms with van der Waals surface area (Å²) in [6.07, 6.45) is 1.71. The van der Waals surface area contributed by atoms with Crippen LogP contribution in [0.2, 0.25) is 0 Å². The highest BCUT2D eigenvalue weighted by molar-refractivity contribution is 5.93. The fraction of sp³-hybridized carbons (Fsp3) is 0.265. The average molecular weight is 587 g/mol. The summed E-state index contributed by atoms with van der Waals surface area (Å²) in [7, 11) is 0. The third kappa shape index (κ3) is 7.50. The predicted molar refractivity (Wildman–Crippen MR) is 160 cm³/mol. The number of aliphatic hydroxyl groups excluding tert-OH is 1. The van der Waals surface area contributed by atoms with E-state index in [1.54, 1.807) is 24.3 Å². The average Bonchev–Trinajstić information content (AvgIpc) is 3.31. The van der Waals surface area contributed by atoms with E-state index in [9.17, 15) is 14.4 Å². The number of fused-ring (bicyclic) bond motifs is 3. The SMILES string of the molecule is C=CC(=O)OCCOc1ccc(OC(=O)c2ccc3c(c2)C(C)c2cc(OCCOC(=O)C(=C)CO)ccc2-3)c(CC)c1. The molecule has 0 radical (unpaired) electrons. The lowest BCUT2D eigenvalue weighted by atomic mass is 9.98. The molecular weight excluding hydrogens is 552 g/mol. The van der Waals surface area contributed by atoms with Gasteiger partial charge in [-0.3, -0.25) is 0 Å². The molecule has 0 saturated heterocycles. The van der Waals surface area contributed by atoms with Gasteiger partial charge in [-0.05, 0) is 76.7 Å². The molecule has 0 amide bonds. The van der Waals surface area contributed by atoms with Gasteiger partial charge >= 0.3 is 17.9 Å². The van der Waals surface area contributed by atoms with Crippen molar-refractivity contribution in [3.63, 3.8) is 0 Å². The van der Waals surface area contributed by atoms with Crippen LogP contribution in [0, 0.1) is 0 Å². The largest absolute Gasteiger partial charge is 0.490 e. The van der Waals surface area contributed by atoms with E-state index < -0.39 is 24.5 Å². The third-order valence-corrected chi connectivity index (χ3v) is 6.98.